The second-order valence-electron chi connectivity index (χ2n) is 3.88. The highest BCUT2D eigenvalue weighted by Crippen LogP contribution is 2.27. The monoisotopic (exact) mass is 338 g/mol. The summed E-state index contributed by atoms with van der Waals surface area (Å²) in [6.45, 7) is 0. The highest BCUT2D eigenvalue weighted by molar-refractivity contribution is 9.10. The molecule has 19 heavy (non-hydrogen) atoms. The summed E-state index contributed by atoms with van der Waals surface area (Å²) in [6, 6.07) is 15.5. The first kappa shape index (κ1) is 14.0. The van der Waals surface area contributed by atoms with Gasteiger partial charge in [-0.25, -0.2) is 0 Å². The lowest BCUT2D eigenvalue weighted by molar-refractivity contribution is -0.136. The number of halogens is 1. The topological polar surface area (TPSA) is 54.4 Å². The van der Waals surface area contributed by atoms with E-state index >= 15 is 0 Å². The standard InChI is InChI=1S/C14H11BrO3S/c15-11-7-4-8-12(9-11)19(18)13(14(16)17)10-5-2-1-3-6-10/h1-9,13H,(H,16,17). The summed E-state index contributed by atoms with van der Waals surface area (Å²) in [5.74, 6) is -1.09. The van der Waals surface area contributed by atoms with Crippen molar-refractivity contribution >= 4 is 32.7 Å². The lowest BCUT2D eigenvalue weighted by Crippen LogP contribution is -2.17. The fourth-order valence-corrected chi connectivity index (χ4v) is 3.58. The Morgan fingerprint density at radius 1 is 1.11 bits per heavy atom. The normalized spacial score (nSPS) is 13.7. The van der Waals surface area contributed by atoms with Gasteiger partial charge < -0.3 is 5.11 Å². The molecular weight excluding hydrogens is 328 g/mol. The molecular formula is C14H11BrO3S. The van der Waals surface area contributed by atoms with Gasteiger partial charge in [-0.3, -0.25) is 9.00 Å². The van der Waals surface area contributed by atoms with Crippen molar-refractivity contribution in [3.63, 3.8) is 0 Å². The summed E-state index contributed by atoms with van der Waals surface area (Å²) in [5, 5.41) is 8.26. The molecule has 0 heterocycles. The summed E-state index contributed by atoms with van der Waals surface area (Å²) in [4.78, 5) is 11.9. The van der Waals surface area contributed by atoms with Gasteiger partial charge in [-0.2, -0.15) is 0 Å². The van der Waals surface area contributed by atoms with Crippen LogP contribution < -0.4 is 0 Å². The molecule has 2 rings (SSSR count). The number of benzene rings is 2. The number of aliphatic carboxylic acids is 1. The number of carbonyl (C=O) groups is 1. The van der Waals surface area contributed by atoms with Crippen LogP contribution >= 0.6 is 15.9 Å². The molecule has 0 radical (unpaired) electrons. The zero-order valence-corrected chi connectivity index (χ0v) is 12.2. The van der Waals surface area contributed by atoms with Crippen LogP contribution in [0.1, 0.15) is 10.8 Å². The first-order valence-electron chi connectivity index (χ1n) is 5.53. The Hall–Kier alpha value is -1.46. The molecule has 0 aliphatic carbocycles. The van der Waals surface area contributed by atoms with Crippen LogP contribution in [0, 0.1) is 0 Å². The maximum absolute atomic E-state index is 12.4. The zero-order chi connectivity index (χ0) is 13.8. The summed E-state index contributed by atoms with van der Waals surface area (Å²) in [5.41, 5.74) is 0.535. The minimum Gasteiger partial charge on any atom is -0.480 e. The molecule has 5 heteroatoms. The van der Waals surface area contributed by atoms with Gasteiger partial charge in [-0.05, 0) is 23.8 Å². The van der Waals surface area contributed by atoms with Crippen molar-refractivity contribution in [1.82, 2.24) is 0 Å². The SMILES string of the molecule is O=C(O)C(c1ccccc1)S(=O)c1cccc(Br)c1. The molecule has 0 bridgehead atoms. The first-order chi connectivity index (χ1) is 9.09. The van der Waals surface area contributed by atoms with E-state index in [9.17, 15) is 14.1 Å². The third-order valence-corrected chi connectivity index (χ3v) is 4.68. The first-order valence-corrected chi connectivity index (χ1v) is 7.54. The van der Waals surface area contributed by atoms with Gasteiger partial charge >= 0.3 is 5.97 Å². The van der Waals surface area contributed by atoms with Crippen LogP contribution in [-0.4, -0.2) is 15.3 Å². The molecule has 3 nitrogen and oxygen atoms in total. The van der Waals surface area contributed by atoms with Crippen LogP contribution in [0.2, 0.25) is 0 Å². The third kappa shape index (κ3) is 3.30. The summed E-state index contributed by atoms with van der Waals surface area (Å²) >= 11 is 3.29. The molecule has 0 saturated heterocycles. The number of hydrogen-bond acceptors (Lipinski definition) is 2. The van der Waals surface area contributed by atoms with Crippen LogP contribution in [0.15, 0.2) is 64.0 Å². The van der Waals surface area contributed by atoms with E-state index in [0.717, 1.165) is 4.47 Å². The van der Waals surface area contributed by atoms with Crippen LogP contribution in [-0.2, 0) is 15.6 Å². The Morgan fingerprint density at radius 3 is 2.37 bits per heavy atom. The van der Waals surface area contributed by atoms with Gasteiger partial charge in [0, 0.05) is 9.37 Å². The summed E-state index contributed by atoms with van der Waals surface area (Å²) < 4.78 is 13.2. The van der Waals surface area contributed by atoms with Gasteiger partial charge in [0.1, 0.15) is 0 Å². The minimum atomic E-state index is -1.64. The Kier molecular flexibility index (Phi) is 4.50. The lowest BCUT2D eigenvalue weighted by atomic mass is 10.1. The largest absolute Gasteiger partial charge is 0.480 e. The van der Waals surface area contributed by atoms with E-state index < -0.39 is 22.0 Å². The Balaban J connectivity index is 2.41. The van der Waals surface area contributed by atoms with Crippen molar-refractivity contribution in [2.24, 2.45) is 0 Å². The van der Waals surface area contributed by atoms with E-state index in [1.165, 1.54) is 0 Å². The smallest absolute Gasteiger partial charge is 0.324 e. The molecule has 0 aliphatic heterocycles. The molecule has 0 aliphatic rings. The Labute approximate surface area is 121 Å². The molecule has 0 fully saturated rings. The Morgan fingerprint density at radius 2 is 1.79 bits per heavy atom. The predicted molar refractivity (Wildman–Crippen MR) is 77.4 cm³/mol. The zero-order valence-electron chi connectivity index (χ0n) is 9.82. The van der Waals surface area contributed by atoms with Gasteiger partial charge in [0.2, 0.25) is 0 Å². The number of carboxylic acids is 1. The van der Waals surface area contributed by atoms with E-state index in [2.05, 4.69) is 15.9 Å². The van der Waals surface area contributed by atoms with Crippen molar-refractivity contribution in [1.29, 1.82) is 0 Å². The molecule has 0 spiro atoms. The minimum absolute atomic E-state index is 0.491. The van der Waals surface area contributed by atoms with E-state index in [-0.39, 0.29) is 0 Å². The van der Waals surface area contributed by atoms with Crippen LogP contribution in [0.3, 0.4) is 0 Å². The highest BCUT2D eigenvalue weighted by Gasteiger charge is 2.27. The van der Waals surface area contributed by atoms with Crippen molar-refractivity contribution in [3.8, 4) is 0 Å². The number of rotatable bonds is 4. The maximum Gasteiger partial charge on any atom is 0.324 e. The van der Waals surface area contributed by atoms with Crippen molar-refractivity contribution in [3.05, 3.63) is 64.6 Å². The highest BCUT2D eigenvalue weighted by atomic mass is 79.9. The molecule has 0 amide bonds. The van der Waals surface area contributed by atoms with Crippen LogP contribution in [0.5, 0.6) is 0 Å². The van der Waals surface area contributed by atoms with E-state index in [1.807, 2.05) is 0 Å². The quantitative estimate of drug-likeness (QED) is 0.929. The molecule has 2 atom stereocenters. The fraction of sp³-hybridized carbons (Fsp3) is 0.0714. The van der Waals surface area contributed by atoms with Gasteiger partial charge in [-0.1, -0.05) is 52.3 Å². The molecule has 0 saturated carbocycles. The summed E-state index contributed by atoms with van der Waals surface area (Å²) in [6.07, 6.45) is 0. The van der Waals surface area contributed by atoms with Gasteiger partial charge in [0.25, 0.3) is 0 Å². The number of carboxylic acid groups (broad SMARTS) is 1. The molecule has 2 unspecified atom stereocenters. The van der Waals surface area contributed by atoms with Crippen molar-refractivity contribution in [2.45, 2.75) is 10.1 Å². The summed E-state index contributed by atoms with van der Waals surface area (Å²) in [7, 11) is -1.64. The van der Waals surface area contributed by atoms with Crippen molar-refractivity contribution < 1.29 is 14.1 Å². The molecule has 0 aromatic heterocycles. The third-order valence-electron chi connectivity index (χ3n) is 2.57. The maximum atomic E-state index is 12.4. The van der Waals surface area contributed by atoms with E-state index in [1.54, 1.807) is 54.6 Å². The molecule has 1 N–H and O–H groups in total. The molecule has 98 valence electrons. The molecule has 2 aromatic carbocycles. The van der Waals surface area contributed by atoms with Gasteiger partial charge in [0.15, 0.2) is 5.25 Å². The molecule has 2 aromatic rings. The average molecular weight is 339 g/mol. The van der Waals surface area contributed by atoms with Gasteiger partial charge in [-0.15, -0.1) is 0 Å². The fourth-order valence-electron chi connectivity index (χ4n) is 1.71. The predicted octanol–water partition coefficient (Wildman–Crippen LogP) is 3.38. The Bertz CT molecular complexity index is 613. The van der Waals surface area contributed by atoms with Crippen molar-refractivity contribution in [2.75, 3.05) is 0 Å². The second-order valence-corrected chi connectivity index (χ2v) is 6.34. The van der Waals surface area contributed by atoms with Gasteiger partial charge in [0.05, 0.1) is 10.8 Å². The van der Waals surface area contributed by atoms with Crippen LogP contribution in [0.25, 0.3) is 0 Å². The van der Waals surface area contributed by atoms with E-state index in [0.29, 0.717) is 10.5 Å². The number of hydrogen-bond donors (Lipinski definition) is 1. The average Bonchev–Trinajstić information content (AvgIpc) is 2.39. The van der Waals surface area contributed by atoms with E-state index in [4.69, 9.17) is 0 Å². The van der Waals surface area contributed by atoms with Crippen LogP contribution in [0.4, 0.5) is 0 Å². The second kappa shape index (κ2) is 6.12. The lowest BCUT2D eigenvalue weighted by Gasteiger charge is -2.12.